The fourth-order valence-electron chi connectivity index (χ4n) is 2.66. The van der Waals surface area contributed by atoms with Crippen molar-refractivity contribution in [2.24, 2.45) is 0 Å². The molecule has 1 amide bonds. The van der Waals surface area contributed by atoms with Crippen LogP contribution in [-0.2, 0) is 6.42 Å². The first-order valence-corrected chi connectivity index (χ1v) is 9.49. The highest BCUT2D eigenvalue weighted by molar-refractivity contribution is 7.15. The number of aromatic nitrogens is 3. The minimum Gasteiger partial charge on any atom is -0.352 e. The number of nitrogens with one attached hydrogen (secondary N) is 1. The molecule has 4 aromatic rings. The van der Waals surface area contributed by atoms with Crippen molar-refractivity contribution in [3.8, 4) is 11.4 Å². The lowest BCUT2D eigenvalue weighted by Crippen LogP contribution is -2.25. The van der Waals surface area contributed by atoms with E-state index in [1.807, 2.05) is 5.38 Å². The predicted molar refractivity (Wildman–Crippen MR) is 104 cm³/mol. The zero-order valence-corrected chi connectivity index (χ0v) is 15.6. The van der Waals surface area contributed by atoms with Crippen LogP contribution in [0.3, 0.4) is 0 Å². The highest BCUT2D eigenvalue weighted by Crippen LogP contribution is 2.23. The number of hydrogen-bond donors (Lipinski definition) is 1. The largest absolute Gasteiger partial charge is 0.352 e. The molecule has 0 atom stereocenters. The number of amides is 1. The highest BCUT2D eigenvalue weighted by Gasteiger charge is 2.14. The van der Waals surface area contributed by atoms with Crippen LogP contribution in [-0.4, -0.2) is 27.0 Å². The van der Waals surface area contributed by atoms with Crippen LogP contribution < -0.4 is 5.32 Å². The molecular formula is C19H14ClFN4OS. The first kappa shape index (κ1) is 17.6. The lowest BCUT2D eigenvalue weighted by molar-refractivity contribution is 0.0954. The van der Waals surface area contributed by atoms with Crippen LogP contribution in [0.15, 0.2) is 53.9 Å². The Morgan fingerprint density at radius 3 is 2.74 bits per heavy atom. The number of fused-ring (bicyclic) bond motifs is 1. The zero-order chi connectivity index (χ0) is 18.8. The molecule has 0 unspecified atom stereocenters. The van der Waals surface area contributed by atoms with Crippen LogP contribution >= 0.6 is 22.9 Å². The normalized spacial score (nSPS) is 11.0. The number of rotatable bonds is 5. The molecule has 0 bridgehead atoms. The van der Waals surface area contributed by atoms with Crippen LogP contribution in [0.2, 0.25) is 5.02 Å². The van der Waals surface area contributed by atoms with Gasteiger partial charge in [0.15, 0.2) is 5.82 Å². The molecule has 2 aromatic heterocycles. The van der Waals surface area contributed by atoms with E-state index in [1.165, 1.54) is 17.4 Å². The molecule has 0 saturated heterocycles. The van der Waals surface area contributed by atoms with E-state index < -0.39 is 0 Å². The molecule has 8 heteroatoms. The molecule has 0 aliphatic carbocycles. The van der Waals surface area contributed by atoms with E-state index in [0.29, 0.717) is 39.9 Å². The first-order chi connectivity index (χ1) is 13.1. The van der Waals surface area contributed by atoms with Crippen LogP contribution in [0.25, 0.3) is 16.3 Å². The van der Waals surface area contributed by atoms with Crippen LogP contribution in [0.1, 0.15) is 16.1 Å². The summed E-state index contributed by atoms with van der Waals surface area (Å²) in [4.78, 5) is 17.2. The van der Waals surface area contributed by atoms with Gasteiger partial charge in [0, 0.05) is 28.9 Å². The number of nitrogens with zero attached hydrogens (tertiary/aromatic N) is 3. The minimum absolute atomic E-state index is 0.163. The molecule has 0 aliphatic rings. The Morgan fingerprint density at radius 2 is 1.96 bits per heavy atom. The topological polar surface area (TPSA) is 59.3 Å². The summed E-state index contributed by atoms with van der Waals surface area (Å²) in [6, 6.07) is 13.1. The Hall–Kier alpha value is -2.77. The first-order valence-electron chi connectivity index (χ1n) is 8.23. The van der Waals surface area contributed by atoms with Crippen molar-refractivity contribution in [3.05, 3.63) is 76.0 Å². The van der Waals surface area contributed by atoms with E-state index in [-0.39, 0.29) is 11.7 Å². The summed E-state index contributed by atoms with van der Waals surface area (Å²) < 4.78 is 15.6. The maximum Gasteiger partial charge on any atom is 0.251 e. The second-order valence-corrected chi connectivity index (χ2v) is 7.12. The van der Waals surface area contributed by atoms with E-state index >= 15 is 0 Å². The molecule has 0 spiro atoms. The SMILES string of the molecule is O=C(NCCc1csc2nc(-c3ccccc3F)nn12)c1ccc(Cl)cc1. The summed E-state index contributed by atoms with van der Waals surface area (Å²) in [6.45, 7) is 0.447. The summed E-state index contributed by atoms with van der Waals surface area (Å²) in [5.74, 6) is -0.164. The van der Waals surface area contributed by atoms with Gasteiger partial charge in [-0.1, -0.05) is 23.7 Å². The number of carbonyl (C=O) groups excluding carboxylic acids is 1. The standard InChI is InChI=1S/C19H14ClFN4OS/c20-13-7-5-12(6-8-13)18(26)22-10-9-14-11-27-19-23-17(24-25(14)19)15-3-1-2-4-16(15)21/h1-8,11H,9-10H2,(H,22,26). The van der Waals surface area contributed by atoms with E-state index in [2.05, 4.69) is 15.4 Å². The number of thiazole rings is 1. The van der Waals surface area contributed by atoms with E-state index in [0.717, 1.165) is 5.69 Å². The van der Waals surface area contributed by atoms with Gasteiger partial charge in [0.05, 0.1) is 11.3 Å². The van der Waals surface area contributed by atoms with Gasteiger partial charge < -0.3 is 5.32 Å². The zero-order valence-electron chi connectivity index (χ0n) is 14.0. The smallest absolute Gasteiger partial charge is 0.251 e. The summed E-state index contributed by atoms with van der Waals surface area (Å²) in [7, 11) is 0. The number of hydrogen-bond acceptors (Lipinski definition) is 4. The van der Waals surface area contributed by atoms with Crippen LogP contribution in [0.4, 0.5) is 4.39 Å². The molecule has 0 radical (unpaired) electrons. The van der Waals surface area contributed by atoms with Gasteiger partial charge >= 0.3 is 0 Å². The van der Waals surface area contributed by atoms with Gasteiger partial charge in [-0.25, -0.2) is 8.91 Å². The molecule has 0 fully saturated rings. The van der Waals surface area contributed by atoms with E-state index in [9.17, 15) is 9.18 Å². The van der Waals surface area contributed by atoms with Gasteiger partial charge in [-0.15, -0.1) is 16.4 Å². The predicted octanol–water partition coefficient (Wildman–Crippen LogP) is 4.22. The van der Waals surface area contributed by atoms with Crippen molar-refractivity contribution in [1.29, 1.82) is 0 Å². The molecule has 0 saturated carbocycles. The Labute approximate surface area is 163 Å². The van der Waals surface area contributed by atoms with Gasteiger partial charge in [-0.2, -0.15) is 4.98 Å². The molecule has 4 rings (SSSR count). The van der Waals surface area contributed by atoms with Gasteiger partial charge in [0.1, 0.15) is 5.82 Å². The van der Waals surface area contributed by atoms with Crippen molar-refractivity contribution >= 4 is 33.8 Å². The molecule has 27 heavy (non-hydrogen) atoms. The van der Waals surface area contributed by atoms with E-state index in [1.54, 1.807) is 47.0 Å². The van der Waals surface area contributed by atoms with Crippen LogP contribution in [0, 0.1) is 5.82 Å². The third-order valence-corrected chi connectivity index (χ3v) is 5.15. The van der Waals surface area contributed by atoms with Crippen molar-refractivity contribution in [2.75, 3.05) is 6.54 Å². The maximum absolute atomic E-state index is 13.9. The minimum atomic E-state index is -0.354. The number of carbonyl (C=O) groups is 1. The summed E-state index contributed by atoms with van der Waals surface area (Å²) in [6.07, 6.45) is 0.583. The molecule has 2 heterocycles. The van der Waals surface area contributed by atoms with Gasteiger partial charge in [0.25, 0.3) is 5.91 Å². The van der Waals surface area contributed by atoms with Gasteiger partial charge in [0.2, 0.25) is 4.96 Å². The van der Waals surface area contributed by atoms with Crippen molar-refractivity contribution in [2.45, 2.75) is 6.42 Å². The summed E-state index contributed by atoms with van der Waals surface area (Å²) in [5, 5.41) is 9.81. The fourth-order valence-corrected chi connectivity index (χ4v) is 3.64. The third kappa shape index (κ3) is 3.70. The molecule has 2 aromatic carbocycles. The van der Waals surface area contributed by atoms with Crippen molar-refractivity contribution in [1.82, 2.24) is 19.9 Å². The summed E-state index contributed by atoms with van der Waals surface area (Å²) >= 11 is 7.26. The molecule has 5 nitrogen and oxygen atoms in total. The van der Waals surface area contributed by atoms with E-state index in [4.69, 9.17) is 11.6 Å². The number of halogens is 2. The molecule has 1 N–H and O–H groups in total. The second kappa shape index (κ2) is 7.46. The van der Waals surface area contributed by atoms with Gasteiger partial charge in [-0.05, 0) is 36.4 Å². The van der Waals surface area contributed by atoms with Crippen LogP contribution in [0.5, 0.6) is 0 Å². The Bertz CT molecular complexity index is 1110. The van der Waals surface area contributed by atoms with Crippen molar-refractivity contribution in [3.63, 3.8) is 0 Å². The monoisotopic (exact) mass is 400 g/mol. The maximum atomic E-state index is 13.9. The average molecular weight is 401 g/mol. The lowest BCUT2D eigenvalue weighted by atomic mass is 10.2. The molecule has 0 aliphatic heterocycles. The van der Waals surface area contributed by atoms with Gasteiger partial charge in [-0.3, -0.25) is 4.79 Å². The second-order valence-electron chi connectivity index (χ2n) is 5.85. The highest BCUT2D eigenvalue weighted by atomic mass is 35.5. The third-order valence-electron chi connectivity index (χ3n) is 4.04. The molecule has 136 valence electrons. The Balaban J connectivity index is 1.46. The average Bonchev–Trinajstić information content (AvgIpc) is 3.24. The Kier molecular flexibility index (Phi) is 4.87. The molecular weight excluding hydrogens is 387 g/mol. The quantitative estimate of drug-likeness (QED) is 0.545. The fraction of sp³-hybridized carbons (Fsp3) is 0.105. The number of benzene rings is 2. The Morgan fingerprint density at radius 1 is 1.19 bits per heavy atom. The lowest BCUT2D eigenvalue weighted by Gasteiger charge is -2.04. The summed E-state index contributed by atoms with van der Waals surface area (Å²) in [5.41, 5.74) is 1.83. The van der Waals surface area contributed by atoms with Crippen molar-refractivity contribution < 1.29 is 9.18 Å².